The molecule has 0 saturated heterocycles. The standard InChI is InChI=1S/C7H5NO2S2.C4H4N2/c9-12(10)11-5-8-6-3-1-2-4-7(6)11;1-2-5-4-6-3-1/h1-5H;1-4H. The molecule has 1 aliphatic heterocycles. The summed E-state index contributed by atoms with van der Waals surface area (Å²) in [5.74, 6) is 0. The summed E-state index contributed by atoms with van der Waals surface area (Å²) in [4.78, 5) is 12.1. The van der Waals surface area contributed by atoms with Crippen LogP contribution in [0.25, 0.3) is 0 Å². The highest BCUT2D eigenvalue weighted by Gasteiger charge is 2.11. The Kier molecular flexibility index (Phi) is 4.32. The highest BCUT2D eigenvalue weighted by Crippen LogP contribution is 2.26. The first-order valence-corrected chi connectivity index (χ1v) is 7.83. The first-order valence-electron chi connectivity index (χ1n) is 4.95. The van der Waals surface area contributed by atoms with Crippen LogP contribution >= 0.6 is 0 Å². The van der Waals surface area contributed by atoms with Gasteiger partial charge in [0, 0.05) is 26.7 Å². The normalized spacial score (nSPS) is 15.4. The van der Waals surface area contributed by atoms with Gasteiger partial charge in [-0.1, -0.05) is 12.1 Å². The molecule has 92 valence electrons. The smallest absolute Gasteiger partial charge is 0.248 e. The average Bonchev–Trinajstić information content (AvgIpc) is 2.85. The monoisotopic (exact) mass is 279 g/mol. The zero-order chi connectivity index (χ0) is 12.8. The predicted molar refractivity (Wildman–Crippen MR) is 71.2 cm³/mol. The number of aliphatic imine (C=N–C) groups is 1. The minimum absolute atomic E-state index is 0.769. The lowest BCUT2D eigenvalue weighted by Gasteiger charge is -1.92. The van der Waals surface area contributed by atoms with Gasteiger partial charge in [-0.05, 0) is 18.2 Å². The number of benzene rings is 1. The number of nitrogens with zero attached hydrogens (tertiary/aromatic N) is 3. The molecule has 0 aliphatic carbocycles. The van der Waals surface area contributed by atoms with Crippen molar-refractivity contribution in [3.8, 4) is 0 Å². The Balaban J connectivity index is 0.000000169. The van der Waals surface area contributed by atoms with Crippen LogP contribution in [0, 0.1) is 0 Å². The third-order valence-corrected chi connectivity index (χ3v) is 5.04. The van der Waals surface area contributed by atoms with Gasteiger partial charge in [0.1, 0.15) is 6.33 Å². The topological polar surface area (TPSA) is 72.3 Å². The predicted octanol–water partition coefficient (Wildman–Crippen LogP) is 1.61. The first-order chi connectivity index (χ1) is 8.79. The Morgan fingerprint density at radius 2 is 1.72 bits per heavy atom. The summed E-state index contributed by atoms with van der Waals surface area (Å²) in [5, 5.41) is 0. The molecule has 0 spiro atoms. The highest BCUT2D eigenvalue weighted by atomic mass is 32.9. The van der Waals surface area contributed by atoms with Crippen molar-refractivity contribution in [1.29, 1.82) is 0 Å². The number of rotatable bonds is 0. The molecule has 2 heterocycles. The molecule has 1 aliphatic rings. The Morgan fingerprint density at radius 3 is 2.28 bits per heavy atom. The molecule has 0 amide bonds. The molecule has 1 atom stereocenters. The second-order valence-corrected chi connectivity index (χ2v) is 6.66. The Bertz CT molecular complexity index is 663. The number of para-hydroxylation sites is 1. The van der Waals surface area contributed by atoms with Gasteiger partial charge >= 0.3 is 0 Å². The first kappa shape index (κ1) is 12.6. The molecule has 0 N–H and O–H groups in total. The molecular weight excluding hydrogens is 270 g/mol. The Hall–Kier alpha value is -1.86. The maximum atomic E-state index is 10.7. The van der Waals surface area contributed by atoms with Crippen molar-refractivity contribution in [2.75, 3.05) is 0 Å². The number of aromatic nitrogens is 2. The minimum atomic E-state index is -2.07. The fourth-order valence-corrected chi connectivity index (χ4v) is 3.54. The van der Waals surface area contributed by atoms with Crippen LogP contribution in [0.1, 0.15) is 0 Å². The van der Waals surface area contributed by atoms with Crippen molar-refractivity contribution >= 4 is 30.0 Å². The van der Waals surface area contributed by atoms with Crippen LogP contribution in [-0.4, -0.2) is 23.9 Å². The third kappa shape index (κ3) is 3.08. The van der Waals surface area contributed by atoms with E-state index in [9.17, 15) is 8.42 Å². The highest BCUT2D eigenvalue weighted by molar-refractivity contribution is 8.41. The van der Waals surface area contributed by atoms with E-state index in [1.54, 1.807) is 24.5 Å². The molecule has 0 fully saturated rings. The van der Waals surface area contributed by atoms with Crippen LogP contribution < -0.4 is 0 Å². The van der Waals surface area contributed by atoms with Gasteiger partial charge in [0.2, 0.25) is 0 Å². The SMILES string of the molecule is O=S(=O)=S1C=Nc2ccccc21.c1cncnc1. The van der Waals surface area contributed by atoms with Crippen LogP contribution in [0.15, 0.2) is 58.9 Å². The van der Waals surface area contributed by atoms with Gasteiger partial charge in [-0.15, -0.1) is 0 Å². The Morgan fingerprint density at radius 1 is 1.00 bits per heavy atom. The van der Waals surface area contributed by atoms with Crippen molar-refractivity contribution in [3.05, 3.63) is 49.1 Å². The second-order valence-electron chi connectivity index (χ2n) is 3.11. The number of hydrogen-bond acceptors (Lipinski definition) is 5. The molecule has 18 heavy (non-hydrogen) atoms. The maximum absolute atomic E-state index is 10.7. The van der Waals surface area contributed by atoms with Gasteiger partial charge in [0.25, 0.3) is 9.26 Å². The summed E-state index contributed by atoms with van der Waals surface area (Å²) in [6, 6.07) is 9.05. The van der Waals surface area contributed by atoms with Crippen LogP contribution in [-0.2, 0) is 18.7 Å². The zero-order valence-electron chi connectivity index (χ0n) is 9.17. The van der Waals surface area contributed by atoms with E-state index in [0.717, 1.165) is 10.6 Å². The van der Waals surface area contributed by atoms with Crippen molar-refractivity contribution in [1.82, 2.24) is 9.97 Å². The van der Waals surface area contributed by atoms with E-state index in [4.69, 9.17) is 0 Å². The maximum Gasteiger partial charge on any atom is 0.250 e. The van der Waals surface area contributed by atoms with E-state index in [1.165, 1.54) is 11.9 Å². The summed E-state index contributed by atoms with van der Waals surface area (Å²) in [6.45, 7) is 0. The molecule has 1 aromatic heterocycles. The molecule has 2 aromatic rings. The average molecular weight is 279 g/mol. The van der Waals surface area contributed by atoms with E-state index < -0.39 is 18.7 Å². The lowest BCUT2D eigenvalue weighted by Crippen LogP contribution is -1.86. The van der Waals surface area contributed by atoms with Crippen molar-refractivity contribution < 1.29 is 8.42 Å². The molecule has 3 rings (SSSR count). The molecule has 5 nitrogen and oxygen atoms in total. The molecule has 0 bridgehead atoms. The van der Waals surface area contributed by atoms with Crippen molar-refractivity contribution in [2.45, 2.75) is 4.90 Å². The van der Waals surface area contributed by atoms with Gasteiger partial charge in [-0.25, -0.2) is 15.0 Å². The van der Waals surface area contributed by atoms with Gasteiger partial charge in [-0.2, -0.15) is 8.42 Å². The number of fused-ring (bicyclic) bond motifs is 1. The molecule has 1 aromatic carbocycles. The fourth-order valence-electron chi connectivity index (χ4n) is 1.26. The van der Waals surface area contributed by atoms with Gasteiger partial charge in [-0.3, -0.25) is 0 Å². The minimum Gasteiger partial charge on any atom is -0.248 e. The summed E-state index contributed by atoms with van der Waals surface area (Å²) >= 11 is 0. The lowest BCUT2D eigenvalue weighted by atomic mass is 10.3. The van der Waals surface area contributed by atoms with E-state index in [0.29, 0.717) is 0 Å². The molecule has 0 saturated carbocycles. The molecule has 7 heteroatoms. The van der Waals surface area contributed by atoms with Crippen LogP contribution in [0.3, 0.4) is 0 Å². The van der Waals surface area contributed by atoms with Gasteiger partial charge in [0.15, 0.2) is 0 Å². The Labute approximate surface area is 107 Å². The van der Waals surface area contributed by atoms with Gasteiger partial charge < -0.3 is 0 Å². The summed E-state index contributed by atoms with van der Waals surface area (Å²) in [7, 11) is -2.90. The summed E-state index contributed by atoms with van der Waals surface area (Å²) in [6.07, 6.45) is 4.88. The molecule has 0 radical (unpaired) electrons. The summed E-state index contributed by atoms with van der Waals surface area (Å²) in [5.41, 5.74) is 2.25. The second kappa shape index (κ2) is 6.18. The van der Waals surface area contributed by atoms with E-state index >= 15 is 0 Å². The lowest BCUT2D eigenvalue weighted by molar-refractivity contribution is 0.628. The van der Waals surface area contributed by atoms with Crippen LogP contribution in [0.4, 0.5) is 5.69 Å². The third-order valence-electron chi connectivity index (χ3n) is 1.99. The summed E-state index contributed by atoms with van der Waals surface area (Å²) < 4.78 is 21.4. The quantitative estimate of drug-likeness (QED) is 0.734. The van der Waals surface area contributed by atoms with E-state index in [2.05, 4.69) is 15.0 Å². The largest absolute Gasteiger partial charge is 0.250 e. The van der Waals surface area contributed by atoms with Crippen LogP contribution in [0.2, 0.25) is 0 Å². The van der Waals surface area contributed by atoms with E-state index in [1.807, 2.05) is 18.2 Å². The number of hydrogen-bond donors (Lipinski definition) is 0. The molecular formula is C11H9N3O2S2. The van der Waals surface area contributed by atoms with Crippen LogP contribution in [0.5, 0.6) is 0 Å². The van der Waals surface area contributed by atoms with Gasteiger partial charge in [0.05, 0.1) is 11.2 Å². The van der Waals surface area contributed by atoms with E-state index in [-0.39, 0.29) is 0 Å². The van der Waals surface area contributed by atoms with Crippen molar-refractivity contribution in [3.63, 3.8) is 0 Å². The molecule has 1 unspecified atom stereocenters. The fraction of sp³-hybridized carbons (Fsp3) is 0. The zero-order valence-corrected chi connectivity index (χ0v) is 10.8. The van der Waals surface area contributed by atoms with Crippen molar-refractivity contribution in [2.24, 2.45) is 4.99 Å².